The summed E-state index contributed by atoms with van der Waals surface area (Å²) in [4.78, 5) is 17.0. The van der Waals surface area contributed by atoms with E-state index >= 15 is 0 Å². The molecular weight excluding hydrogens is 298 g/mol. The van der Waals surface area contributed by atoms with E-state index in [0.717, 1.165) is 50.5 Å². The fourth-order valence-corrected chi connectivity index (χ4v) is 2.80. The summed E-state index contributed by atoms with van der Waals surface area (Å²) in [6, 6.07) is 5.75. The first-order chi connectivity index (χ1) is 10.5. The summed E-state index contributed by atoms with van der Waals surface area (Å²) in [6.07, 6.45) is 0.830. The first-order valence-corrected chi connectivity index (χ1v) is 8.50. The van der Waals surface area contributed by atoms with Crippen LogP contribution in [0.5, 0.6) is 0 Å². The predicted molar refractivity (Wildman–Crippen MR) is 93.9 cm³/mol. The lowest BCUT2D eigenvalue weighted by Crippen LogP contribution is -2.46. The number of amides is 1. The molecule has 22 heavy (non-hydrogen) atoms. The predicted octanol–water partition coefficient (Wildman–Crippen LogP) is 3.47. The number of nitrogens with zero attached hydrogens (tertiary/aromatic N) is 2. The van der Waals surface area contributed by atoms with Crippen LogP contribution in [-0.2, 0) is 4.79 Å². The average Bonchev–Trinajstić information content (AvgIpc) is 2.54. The molecule has 0 bridgehead atoms. The maximum atomic E-state index is 12.2. The Morgan fingerprint density at radius 1 is 1.27 bits per heavy atom. The number of rotatable bonds is 5. The first-order valence-electron chi connectivity index (χ1n) is 8.12. The number of nitrogens with one attached hydrogen (secondary N) is 1. The van der Waals surface area contributed by atoms with Crippen LogP contribution in [0.2, 0.25) is 5.02 Å². The van der Waals surface area contributed by atoms with Crippen molar-refractivity contribution >= 4 is 28.9 Å². The van der Waals surface area contributed by atoms with E-state index in [4.69, 9.17) is 11.6 Å². The highest BCUT2D eigenvalue weighted by Gasteiger charge is 2.20. The molecule has 1 amide bonds. The largest absolute Gasteiger partial charge is 0.367 e. The lowest BCUT2D eigenvalue weighted by molar-refractivity contribution is -0.119. The van der Waals surface area contributed by atoms with Gasteiger partial charge in [0.15, 0.2) is 0 Å². The molecule has 2 rings (SSSR count). The SMILES string of the molecule is CCC(C)C(=O)Nc1cc(Cl)ccc1N1CCN(CC)CC1. The van der Waals surface area contributed by atoms with Gasteiger partial charge < -0.3 is 15.1 Å². The van der Waals surface area contributed by atoms with Gasteiger partial charge in [0.25, 0.3) is 0 Å². The zero-order valence-electron chi connectivity index (χ0n) is 13.7. The molecule has 1 fully saturated rings. The second kappa shape index (κ2) is 7.84. The second-order valence-electron chi connectivity index (χ2n) is 5.88. The Kier molecular flexibility index (Phi) is 6.09. The summed E-state index contributed by atoms with van der Waals surface area (Å²) >= 11 is 6.12. The van der Waals surface area contributed by atoms with Crippen LogP contribution < -0.4 is 10.2 Å². The van der Waals surface area contributed by atoms with E-state index in [9.17, 15) is 4.79 Å². The molecule has 122 valence electrons. The maximum Gasteiger partial charge on any atom is 0.227 e. The Bertz CT molecular complexity index is 513. The van der Waals surface area contributed by atoms with E-state index in [0.29, 0.717) is 5.02 Å². The summed E-state index contributed by atoms with van der Waals surface area (Å²) < 4.78 is 0. The summed E-state index contributed by atoms with van der Waals surface area (Å²) in [5, 5.41) is 3.69. The fourth-order valence-electron chi connectivity index (χ4n) is 2.63. The molecule has 1 N–H and O–H groups in total. The molecule has 0 aliphatic carbocycles. The lowest BCUT2D eigenvalue weighted by atomic mass is 10.1. The quantitative estimate of drug-likeness (QED) is 0.901. The van der Waals surface area contributed by atoms with E-state index in [2.05, 4.69) is 22.0 Å². The van der Waals surface area contributed by atoms with Gasteiger partial charge in [-0.15, -0.1) is 0 Å². The molecule has 1 unspecified atom stereocenters. The van der Waals surface area contributed by atoms with Crippen LogP contribution in [0.1, 0.15) is 27.2 Å². The van der Waals surface area contributed by atoms with Crippen LogP contribution in [0.4, 0.5) is 11.4 Å². The number of piperazine rings is 1. The molecule has 1 aromatic rings. The van der Waals surface area contributed by atoms with Gasteiger partial charge in [-0.25, -0.2) is 0 Å². The topological polar surface area (TPSA) is 35.6 Å². The van der Waals surface area contributed by atoms with Gasteiger partial charge in [0.05, 0.1) is 11.4 Å². The number of anilines is 2. The number of carbonyl (C=O) groups is 1. The van der Waals surface area contributed by atoms with Crippen LogP contribution in [0.3, 0.4) is 0 Å². The van der Waals surface area contributed by atoms with Gasteiger partial charge in [-0.3, -0.25) is 4.79 Å². The average molecular weight is 324 g/mol. The van der Waals surface area contributed by atoms with E-state index in [1.807, 2.05) is 32.0 Å². The summed E-state index contributed by atoms with van der Waals surface area (Å²) in [5.74, 6) is 0.0574. The molecular formula is C17H26ClN3O. The van der Waals surface area contributed by atoms with Crippen molar-refractivity contribution in [2.75, 3.05) is 42.9 Å². The minimum Gasteiger partial charge on any atom is -0.367 e. The van der Waals surface area contributed by atoms with Gasteiger partial charge >= 0.3 is 0 Å². The Morgan fingerprint density at radius 2 is 1.95 bits per heavy atom. The van der Waals surface area contributed by atoms with Gasteiger partial charge in [-0.1, -0.05) is 32.4 Å². The molecule has 0 aromatic heterocycles. The van der Waals surface area contributed by atoms with Crippen molar-refractivity contribution in [2.45, 2.75) is 27.2 Å². The van der Waals surface area contributed by atoms with Gasteiger partial charge in [0.2, 0.25) is 5.91 Å². The van der Waals surface area contributed by atoms with Crippen LogP contribution in [-0.4, -0.2) is 43.5 Å². The van der Waals surface area contributed by atoms with Gasteiger partial charge in [-0.2, -0.15) is 0 Å². The lowest BCUT2D eigenvalue weighted by Gasteiger charge is -2.36. The molecule has 1 aromatic carbocycles. The van der Waals surface area contributed by atoms with Crippen LogP contribution in [0.15, 0.2) is 18.2 Å². The molecule has 1 saturated heterocycles. The zero-order valence-corrected chi connectivity index (χ0v) is 14.5. The molecule has 0 radical (unpaired) electrons. The van der Waals surface area contributed by atoms with E-state index in [-0.39, 0.29) is 11.8 Å². The van der Waals surface area contributed by atoms with Crippen molar-refractivity contribution in [1.82, 2.24) is 4.90 Å². The highest BCUT2D eigenvalue weighted by molar-refractivity contribution is 6.31. The third-order valence-corrected chi connectivity index (χ3v) is 4.67. The highest BCUT2D eigenvalue weighted by Crippen LogP contribution is 2.30. The minimum atomic E-state index is 0.00349. The van der Waals surface area contributed by atoms with E-state index in [1.165, 1.54) is 0 Å². The van der Waals surface area contributed by atoms with Gasteiger partial charge in [0.1, 0.15) is 0 Å². The van der Waals surface area contributed by atoms with Crippen LogP contribution >= 0.6 is 11.6 Å². The van der Waals surface area contributed by atoms with Crippen molar-refractivity contribution in [1.29, 1.82) is 0 Å². The van der Waals surface area contributed by atoms with E-state index in [1.54, 1.807) is 0 Å². The van der Waals surface area contributed by atoms with Crippen molar-refractivity contribution in [3.05, 3.63) is 23.2 Å². The van der Waals surface area contributed by atoms with Crippen LogP contribution in [0.25, 0.3) is 0 Å². The second-order valence-corrected chi connectivity index (χ2v) is 6.32. The molecule has 5 heteroatoms. The number of benzene rings is 1. The molecule has 0 spiro atoms. The monoisotopic (exact) mass is 323 g/mol. The van der Waals surface area contributed by atoms with Gasteiger partial charge in [0, 0.05) is 37.1 Å². The minimum absolute atomic E-state index is 0.00349. The van der Waals surface area contributed by atoms with E-state index < -0.39 is 0 Å². The number of hydrogen-bond acceptors (Lipinski definition) is 3. The highest BCUT2D eigenvalue weighted by atomic mass is 35.5. The molecule has 4 nitrogen and oxygen atoms in total. The summed E-state index contributed by atoms with van der Waals surface area (Å²) in [6.45, 7) is 11.3. The Balaban J connectivity index is 2.16. The Labute approximate surface area is 138 Å². The smallest absolute Gasteiger partial charge is 0.227 e. The molecule has 1 heterocycles. The fraction of sp³-hybridized carbons (Fsp3) is 0.588. The molecule has 1 aliphatic heterocycles. The Hall–Kier alpha value is -1.26. The number of hydrogen-bond donors (Lipinski definition) is 1. The summed E-state index contributed by atoms with van der Waals surface area (Å²) in [7, 11) is 0. The van der Waals surface area contributed by atoms with Gasteiger partial charge in [-0.05, 0) is 31.2 Å². The van der Waals surface area contributed by atoms with Crippen molar-refractivity contribution in [3.8, 4) is 0 Å². The zero-order chi connectivity index (χ0) is 16.1. The maximum absolute atomic E-state index is 12.2. The third-order valence-electron chi connectivity index (χ3n) is 4.44. The number of likely N-dealkylation sites (N-methyl/N-ethyl adjacent to an activating group) is 1. The third kappa shape index (κ3) is 4.14. The first kappa shape index (κ1) is 17.1. The molecule has 0 saturated carbocycles. The summed E-state index contributed by atoms with van der Waals surface area (Å²) in [5.41, 5.74) is 1.89. The van der Waals surface area contributed by atoms with Crippen molar-refractivity contribution in [2.24, 2.45) is 5.92 Å². The molecule has 1 aliphatic rings. The Morgan fingerprint density at radius 3 is 2.55 bits per heavy atom. The van der Waals surface area contributed by atoms with Crippen LogP contribution in [0, 0.1) is 5.92 Å². The van der Waals surface area contributed by atoms with Crippen molar-refractivity contribution in [3.63, 3.8) is 0 Å². The number of halogens is 1. The number of carbonyl (C=O) groups excluding carboxylic acids is 1. The standard InChI is InChI=1S/C17H26ClN3O/c1-4-13(3)17(22)19-15-12-14(18)6-7-16(15)21-10-8-20(5-2)9-11-21/h6-7,12-13H,4-5,8-11H2,1-3H3,(H,19,22). The van der Waals surface area contributed by atoms with Crippen molar-refractivity contribution < 1.29 is 4.79 Å². The normalized spacial score (nSPS) is 17.4. The molecule has 1 atom stereocenters.